The molecule has 0 radical (unpaired) electrons. The molecule has 210 valence electrons. The fourth-order valence-electron chi connectivity index (χ4n) is 4.94. The number of nitrogens with zero attached hydrogens (tertiary/aromatic N) is 2. The minimum atomic E-state index is -0.487. The van der Waals surface area contributed by atoms with Gasteiger partial charge in [-0.3, -0.25) is 24.1 Å². The summed E-state index contributed by atoms with van der Waals surface area (Å²) in [5.74, 6) is -0.336. The van der Waals surface area contributed by atoms with Crippen LogP contribution in [0.25, 0.3) is 0 Å². The van der Waals surface area contributed by atoms with Crippen molar-refractivity contribution in [2.45, 2.75) is 39.8 Å². The monoisotopic (exact) mass is 541 g/mol. The Balaban J connectivity index is 0.000000307. The zero-order valence-corrected chi connectivity index (χ0v) is 23.8. The molecule has 1 heterocycles. The van der Waals surface area contributed by atoms with Crippen molar-refractivity contribution in [2.75, 3.05) is 26.7 Å². The molecule has 1 N–H and O–H groups in total. The van der Waals surface area contributed by atoms with E-state index >= 15 is 0 Å². The van der Waals surface area contributed by atoms with E-state index in [0.717, 1.165) is 18.7 Å². The Morgan fingerprint density at radius 1 is 0.800 bits per heavy atom. The van der Waals surface area contributed by atoms with Crippen LogP contribution in [-0.2, 0) is 22.6 Å². The fraction of sp³-hybridized carbons (Fsp3) is 0.333. The predicted octanol–water partition coefficient (Wildman–Crippen LogP) is 4.42. The van der Waals surface area contributed by atoms with Gasteiger partial charge in [-0.2, -0.15) is 0 Å². The number of nitrogens with one attached hydrogen (secondary N) is 1. The van der Waals surface area contributed by atoms with Crippen molar-refractivity contribution in [2.24, 2.45) is 5.92 Å². The van der Waals surface area contributed by atoms with E-state index in [4.69, 9.17) is 0 Å². The molecule has 7 nitrogen and oxygen atoms in total. The largest absolute Gasteiger partial charge is 0.357 e. The molecule has 1 aliphatic rings. The van der Waals surface area contributed by atoms with Crippen molar-refractivity contribution in [3.05, 3.63) is 107 Å². The molecule has 7 heteroatoms. The minimum Gasteiger partial charge on any atom is -0.357 e. The van der Waals surface area contributed by atoms with E-state index in [-0.39, 0.29) is 29.3 Å². The number of amides is 2. The van der Waals surface area contributed by atoms with E-state index in [9.17, 15) is 19.2 Å². The van der Waals surface area contributed by atoms with Gasteiger partial charge < -0.3 is 10.2 Å². The first-order chi connectivity index (χ1) is 19.2. The lowest BCUT2D eigenvalue weighted by Gasteiger charge is -2.31. The van der Waals surface area contributed by atoms with Gasteiger partial charge in [0, 0.05) is 56.7 Å². The first kappa shape index (κ1) is 30.4. The van der Waals surface area contributed by atoms with Gasteiger partial charge in [0.15, 0.2) is 11.6 Å². The first-order valence-corrected chi connectivity index (χ1v) is 13.6. The van der Waals surface area contributed by atoms with Crippen molar-refractivity contribution in [1.29, 1.82) is 0 Å². The summed E-state index contributed by atoms with van der Waals surface area (Å²) in [4.78, 5) is 51.9. The standard InChI is InChI=1S/C23H29N3O2.C10H10O2/c1-18-16-25(17-20-11-7-4-8-12-20)13-14-26(23(18)28)21(22(27)24-2)15-19-9-5-3-6-10-19;1-7(11)9-5-3-4-6-10(9)8(2)12/h3-12,18,21H,13-17H2,1-2H3,(H,24,27);3-6H,1-2H3. The van der Waals surface area contributed by atoms with Gasteiger partial charge in [0.2, 0.25) is 11.8 Å². The zero-order valence-electron chi connectivity index (χ0n) is 23.8. The second kappa shape index (κ2) is 14.9. The van der Waals surface area contributed by atoms with Crippen molar-refractivity contribution >= 4 is 23.4 Å². The Morgan fingerprint density at radius 3 is 1.80 bits per heavy atom. The van der Waals surface area contributed by atoms with Gasteiger partial charge in [-0.15, -0.1) is 0 Å². The molecular formula is C33H39N3O4. The van der Waals surface area contributed by atoms with Gasteiger partial charge >= 0.3 is 0 Å². The maximum absolute atomic E-state index is 13.1. The highest BCUT2D eigenvalue weighted by atomic mass is 16.2. The van der Waals surface area contributed by atoms with E-state index in [1.54, 1.807) is 36.2 Å². The molecule has 1 fully saturated rings. The Morgan fingerprint density at radius 2 is 1.30 bits per heavy atom. The van der Waals surface area contributed by atoms with E-state index in [1.165, 1.54) is 19.4 Å². The molecule has 2 atom stereocenters. The predicted molar refractivity (Wildman–Crippen MR) is 157 cm³/mol. The number of ketones is 2. The second-order valence-electron chi connectivity index (χ2n) is 10.1. The number of carbonyl (C=O) groups excluding carboxylic acids is 4. The lowest BCUT2D eigenvalue weighted by molar-refractivity contribution is -0.142. The van der Waals surface area contributed by atoms with Gasteiger partial charge in [-0.1, -0.05) is 91.9 Å². The van der Waals surface area contributed by atoms with Crippen LogP contribution in [0.15, 0.2) is 84.9 Å². The molecule has 0 aromatic heterocycles. The molecule has 0 aliphatic carbocycles. The van der Waals surface area contributed by atoms with E-state index in [1.807, 2.05) is 55.5 Å². The highest BCUT2D eigenvalue weighted by molar-refractivity contribution is 6.07. The van der Waals surface area contributed by atoms with Crippen LogP contribution in [0.2, 0.25) is 0 Å². The van der Waals surface area contributed by atoms with Crippen LogP contribution in [0, 0.1) is 5.92 Å². The molecule has 3 aromatic carbocycles. The average molecular weight is 542 g/mol. The van der Waals surface area contributed by atoms with E-state index < -0.39 is 6.04 Å². The van der Waals surface area contributed by atoms with Crippen LogP contribution in [0.5, 0.6) is 0 Å². The number of likely N-dealkylation sites (N-methyl/N-ethyl adjacent to an activating group) is 1. The molecule has 2 amide bonds. The summed E-state index contributed by atoms with van der Waals surface area (Å²) in [5, 5.41) is 2.74. The summed E-state index contributed by atoms with van der Waals surface area (Å²) in [6.07, 6.45) is 0.525. The van der Waals surface area contributed by atoms with Gasteiger partial charge in [-0.05, 0) is 25.0 Å². The Labute approximate surface area is 237 Å². The highest BCUT2D eigenvalue weighted by Gasteiger charge is 2.35. The molecular weight excluding hydrogens is 502 g/mol. The summed E-state index contributed by atoms with van der Waals surface area (Å²) >= 11 is 0. The lowest BCUT2D eigenvalue weighted by atomic mass is 10.0. The lowest BCUT2D eigenvalue weighted by Crippen LogP contribution is -2.51. The molecule has 0 saturated carbocycles. The van der Waals surface area contributed by atoms with Crippen molar-refractivity contribution < 1.29 is 19.2 Å². The summed E-state index contributed by atoms with van der Waals surface area (Å²) < 4.78 is 0. The summed E-state index contributed by atoms with van der Waals surface area (Å²) in [7, 11) is 1.63. The van der Waals surface area contributed by atoms with E-state index in [0.29, 0.717) is 30.6 Å². The highest BCUT2D eigenvalue weighted by Crippen LogP contribution is 2.19. The second-order valence-corrected chi connectivity index (χ2v) is 10.1. The van der Waals surface area contributed by atoms with Gasteiger partial charge in [0.05, 0.1) is 0 Å². The smallest absolute Gasteiger partial charge is 0.242 e. The number of rotatable bonds is 8. The van der Waals surface area contributed by atoms with Gasteiger partial charge in [-0.25, -0.2) is 0 Å². The number of Topliss-reactive ketones (excluding diaryl/α,β-unsaturated/α-hetero) is 2. The molecule has 40 heavy (non-hydrogen) atoms. The van der Waals surface area contributed by atoms with Crippen LogP contribution >= 0.6 is 0 Å². The van der Waals surface area contributed by atoms with Crippen LogP contribution in [0.1, 0.15) is 52.6 Å². The SMILES string of the molecule is CC(=O)c1ccccc1C(C)=O.CNC(=O)C(Cc1ccccc1)N1CCN(Cc2ccccc2)CC(C)C1=O. The van der Waals surface area contributed by atoms with Crippen LogP contribution < -0.4 is 5.32 Å². The van der Waals surface area contributed by atoms with Gasteiger partial charge in [0.25, 0.3) is 0 Å². The third-order valence-corrected chi connectivity index (χ3v) is 7.03. The summed E-state index contributed by atoms with van der Waals surface area (Å²) in [6, 6.07) is 26.5. The number of hydrogen-bond acceptors (Lipinski definition) is 5. The zero-order chi connectivity index (χ0) is 29.1. The topological polar surface area (TPSA) is 86.8 Å². The number of carbonyl (C=O) groups is 4. The third kappa shape index (κ3) is 8.45. The Kier molecular flexibility index (Phi) is 11.3. The van der Waals surface area contributed by atoms with Crippen molar-refractivity contribution in [1.82, 2.24) is 15.1 Å². The summed E-state index contributed by atoms with van der Waals surface area (Å²) in [6.45, 7) is 7.71. The Bertz CT molecular complexity index is 1260. The normalized spacial score (nSPS) is 16.2. The third-order valence-electron chi connectivity index (χ3n) is 7.03. The maximum Gasteiger partial charge on any atom is 0.242 e. The fourth-order valence-corrected chi connectivity index (χ4v) is 4.94. The quantitative estimate of drug-likeness (QED) is 0.427. The molecule has 3 aromatic rings. The van der Waals surface area contributed by atoms with Gasteiger partial charge in [0.1, 0.15) is 6.04 Å². The average Bonchev–Trinajstić information content (AvgIpc) is 3.10. The molecule has 2 unspecified atom stereocenters. The maximum atomic E-state index is 13.1. The Hall–Kier alpha value is -4.10. The molecule has 0 spiro atoms. The minimum absolute atomic E-state index is 0.0556. The molecule has 4 rings (SSSR count). The first-order valence-electron chi connectivity index (χ1n) is 13.6. The van der Waals surface area contributed by atoms with Crippen LogP contribution in [0.4, 0.5) is 0 Å². The number of hydrogen-bond donors (Lipinski definition) is 1. The van der Waals surface area contributed by atoms with Crippen LogP contribution in [0.3, 0.4) is 0 Å². The molecule has 0 bridgehead atoms. The van der Waals surface area contributed by atoms with Crippen molar-refractivity contribution in [3.8, 4) is 0 Å². The molecule has 1 aliphatic heterocycles. The van der Waals surface area contributed by atoms with Crippen molar-refractivity contribution in [3.63, 3.8) is 0 Å². The molecule has 1 saturated heterocycles. The number of benzene rings is 3. The van der Waals surface area contributed by atoms with Crippen LogP contribution in [-0.4, -0.2) is 65.9 Å². The van der Waals surface area contributed by atoms with E-state index in [2.05, 4.69) is 22.3 Å². The summed E-state index contributed by atoms with van der Waals surface area (Å²) in [5.41, 5.74) is 3.31.